The molecule has 2 aliphatic rings. The SMILES string of the molecule is NS(=O)(=O)[C@@H]1CC[C@@H]2CCCC(=O)N2C1. The van der Waals surface area contributed by atoms with Gasteiger partial charge in [0, 0.05) is 19.0 Å². The Morgan fingerprint density at radius 1 is 1.27 bits per heavy atom. The van der Waals surface area contributed by atoms with Crippen LogP contribution in [0.5, 0.6) is 0 Å². The predicted octanol–water partition coefficient (Wildman–Crippen LogP) is -0.182. The number of carbonyl (C=O) groups excluding carboxylic acids is 1. The predicted molar refractivity (Wildman–Crippen MR) is 55.5 cm³/mol. The number of nitrogens with two attached hydrogens (primary N) is 1. The van der Waals surface area contributed by atoms with Crippen molar-refractivity contribution in [3.05, 3.63) is 0 Å². The van der Waals surface area contributed by atoms with Gasteiger partial charge in [0.05, 0.1) is 5.25 Å². The van der Waals surface area contributed by atoms with E-state index in [0.717, 1.165) is 19.3 Å². The highest BCUT2D eigenvalue weighted by Crippen LogP contribution is 2.28. The van der Waals surface area contributed by atoms with E-state index in [-0.39, 0.29) is 11.9 Å². The molecule has 86 valence electrons. The van der Waals surface area contributed by atoms with Crippen LogP contribution in [0.4, 0.5) is 0 Å². The Morgan fingerprint density at radius 3 is 2.67 bits per heavy atom. The zero-order valence-corrected chi connectivity index (χ0v) is 9.37. The average Bonchev–Trinajstić information content (AvgIpc) is 2.16. The van der Waals surface area contributed by atoms with Crippen LogP contribution in [-0.2, 0) is 14.8 Å². The van der Waals surface area contributed by atoms with Gasteiger partial charge in [-0.1, -0.05) is 0 Å². The Hall–Kier alpha value is -0.620. The number of piperidine rings is 2. The lowest BCUT2D eigenvalue weighted by molar-refractivity contribution is -0.137. The summed E-state index contributed by atoms with van der Waals surface area (Å²) in [6.07, 6.45) is 3.84. The monoisotopic (exact) mass is 232 g/mol. The smallest absolute Gasteiger partial charge is 0.222 e. The van der Waals surface area contributed by atoms with E-state index in [1.54, 1.807) is 4.90 Å². The van der Waals surface area contributed by atoms with Gasteiger partial charge in [-0.2, -0.15) is 0 Å². The van der Waals surface area contributed by atoms with E-state index in [1.165, 1.54) is 0 Å². The van der Waals surface area contributed by atoms with E-state index in [2.05, 4.69) is 0 Å². The Balaban J connectivity index is 2.12. The molecule has 0 saturated carbocycles. The topological polar surface area (TPSA) is 80.5 Å². The van der Waals surface area contributed by atoms with E-state index in [4.69, 9.17) is 5.14 Å². The van der Waals surface area contributed by atoms with Crippen molar-refractivity contribution in [2.24, 2.45) is 5.14 Å². The first kappa shape index (κ1) is 10.9. The summed E-state index contributed by atoms with van der Waals surface area (Å²) in [5, 5.41) is 4.55. The lowest BCUT2D eigenvalue weighted by atomic mass is 9.93. The van der Waals surface area contributed by atoms with E-state index in [9.17, 15) is 13.2 Å². The number of nitrogens with zero attached hydrogens (tertiary/aromatic N) is 1. The standard InChI is InChI=1S/C9H16N2O3S/c10-15(13,14)8-5-4-7-2-1-3-9(12)11(7)6-8/h7-8H,1-6H2,(H2,10,13,14)/t7-,8+/m0/s1. The summed E-state index contributed by atoms with van der Waals surface area (Å²) in [6.45, 7) is 0.294. The molecule has 0 bridgehead atoms. The average molecular weight is 232 g/mol. The van der Waals surface area contributed by atoms with Crippen molar-refractivity contribution in [1.82, 2.24) is 4.90 Å². The number of rotatable bonds is 1. The van der Waals surface area contributed by atoms with E-state index in [0.29, 0.717) is 19.4 Å². The maximum Gasteiger partial charge on any atom is 0.222 e. The third kappa shape index (κ3) is 2.15. The van der Waals surface area contributed by atoms with Crippen LogP contribution >= 0.6 is 0 Å². The summed E-state index contributed by atoms with van der Waals surface area (Å²) in [4.78, 5) is 13.3. The molecule has 0 radical (unpaired) electrons. The molecule has 5 nitrogen and oxygen atoms in total. The van der Waals surface area contributed by atoms with Crippen molar-refractivity contribution in [2.75, 3.05) is 6.54 Å². The number of hydrogen-bond acceptors (Lipinski definition) is 3. The van der Waals surface area contributed by atoms with Crippen LogP contribution < -0.4 is 5.14 Å². The first-order valence-corrected chi connectivity index (χ1v) is 6.90. The van der Waals surface area contributed by atoms with Crippen LogP contribution in [0.25, 0.3) is 0 Å². The second-order valence-corrected chi connectivity index (χ2v) is 6.23. The molecule has 2 heterocycles. The Kier molecular flexibility index (Phi) is 2.72. The molecule has 2 fully saturated rings. The van der Waals surface area contributed by atoms with Crippen molar-refractivity contribution < 1.29 is 13.2 Å². The largest absolute Gasteiger partial charge is 0.338 e. The van der Waals surface area contributed by atoms with Crippen molar-refractivity contribution >= 4 is 15.9 Å². The van der Waals surface area contributed by atoms with Gasteiger partial charge >= 0.3 is 0 Å². The van der Waals surface area contributed by atoms with Crippen LogP contribution in [0.1, 0.15) is 32.1 Å². The van der Waals surface area contributed by atoms with Crippen LogP contribution in [-0.4, -0.2) is 37.1 Å². The molecule has 6 heteroatoms. The van der Waals surface area contributed by atoms with Gasteiger partial charge in [-0.25, -0.2) is 13.6 Å². The summed E-state index contributed by atoms with van der Waals surface area (Å²) in [5.74, 6) is 0.0830. The van der Waals surface area contributed by atoms with Gasteiger partial charge < -0.3 is 4.90 Å². The molecule has 0 aromatic heterocycles. The summed E-state index contributed by atoms with van der Waals surface area (Å²) in [5.41, 5.74) is 0. The fourth-order valence-corrected chi connectivity index (χ4v) is 3.33. The normalized spacial score (nSPS) is 32.6. The van der Waals surface area contributed by atoms with Crippen LogP contribution in [0.3, 0.4) is 0 Å². The molecule has 0 aromatic carbocycles. The number of amides is 1. The van der Waals surface area contributed by atoms with Gasteiger partial charge in [-0.3, -0.25) is 4.79 Å². The quantitative estimate of drug-likeness (QED) is 0.681. The summed E-state index contributed by atoms with van der Waals surface area (Å²) >= 11 is 0. The number of primary sulfonamides is 1. The molecule has 0 unspecified atom stereocenters. The Bertz CT molecular complexity index is 366. The van der Waals surface area contributed by atoms with Crippen LogP contribution in [0.2, 0.25) is 0 Å². The van der Waals surface area contributed by atoms with Crippen LogP contribution in [0.15, 0.2) is 0 Å². The molecular weight excluding hydrogens is 216 g/mol. The van der Waals surface area contributed by atoms with Gasteiger partial charge in [0.25, 0.3) is 0 Å². The molecular formula is C9H16N2O3S. The lowest BCUT2D eigenvalue weighted by Gasteiger charge is -2.41. The van der Waals surface area contributed by atoms with Crippen molar-refractivity contribution in [3.63, 3.8) is 0 Å². The minimum Gasteiger partial charge on any atom is -0.338 e. The highest BCUT2D eigenvalue weighted by Gasteiger charge is 2.37. The van der Waals surface area contributed by atoms with E-state index < -0.39 is 15.3 Å². The van der Waals surface area contributed by atoms with E-state index in [1.807, 2.05) is 0 Å². The molecule has 1 amide bonds. The molecule has 2 N–H and O–H groups in total. The number of fused-ring (bicyclic) bond motifs is 1. The third-order valence-electron chi connectivity index (χ3n) is 3.38. The maximum atomic E-state index is 11.6. The fourth-order valence-electron chi connectivity index (χ4n) is 2.50. The van der Waals surface area contributed by atoms with Gasteiger partial charge in [-0.15, -0.1) is 0 Å². The van der Waals surface area contributed by atoms with Gasteiger partial charge in [0.15, 0.2) is 0 Å². The zero-order valence-electron chi connectivity index (χ0n) is 8.55. The molecule has 2 aliphatic heterocycles. The summed E-state index contributed by atoms with van der Waals surface area (Å²) < 4.78 is 22.4. The molecule has 0 aliphatic carbocycles. The highest BCUT2D eigenvalue weighted by molar-refractivity contribution is 7.89. The number of sulfonamides is 1. The van der Waals surface area contributed by atoms with Crippen LogP contribution in [0, 0.1) is 0 Å². The van der Waals surface area contributed by atoms with E-state index >= 15 is 0 Å². The zero-order chi connectivity index (χ0) is 11.1. The molecule has 15 heavy (non-hydrogen) atoms. The fraction of sp³-hybridized carbons (Fsp3) is 0.889. The maximum absolute atomic E-state index is 11.6. The Morgan fingerprint density at radius 2 is 2.00 bits per heavy atom. The van der Waals surface area contributed by atoms with Crippen molar-refractivity contribution in [2.45, 2.75) is 43.4 Å². The molecule has 0 aromatic rings. The molecule has 2 atom stereocenters. The minimum absolute atomic E-state index is 0.0830. The summed E-state index contributed by atoms with van der Waals surface area (Å²) in [7, 11) is -3.49. The molecule has 2 rings (SSSR count). The van der Waals surface area contributed by atoms with Gasteiger partial charge in [0.2, 0.25) is 15.9 Å². The third-order valence-corrected chi connectivity index (χ3v) is 4.69. The lowest BCUT2D eigenvalue weighted by Crippen LogP contribution is -2.53. The second kappa shape index (κ2) is 3.75. The first-order chi connectivity index (χ1) is 6.98. The van der Waals surface area contributed by atoms with Gasteiger partial charge in [-0.05, 0) is 25.7 Å². The Labute approximate surface area is 89.7 Å². The van der Waals surface area contributed by atoms with Crippen molar-refractivity contribution in [1.29, 1.82) is 0 Å². The summed E-state index contributed by atoms with van der Waals surface area (Å²) in [6, 6.07) is 0.254. The minimum atomic E-state index is -3.49. The highest BCUT2D eigenvalue weighted by atomic mass is 32.2. The second-order valence-electron chi connectivity index (χ2n) is 4.38. The first-order valence-electron chi connectivity index (χ1n) is 5.29. The van der Waals surface area contributed by atoms with Gasteiger partial charge in [0.1, 0.15) is 0 Å². The number of hydrogen-bond donors (Lipinski definition) is 1. The molecule has 2 saturated heterocycles. The van der Waals surface area contributed by atoms with Crippen molar-refractivity contribution in [3.8, 4) is 0 Å². The number of carbonyl (C=O) groups is 1. The molecule has 0 spiro atoms.